The number of rotatable bonds is 9. The summed E-state index contributed by atoms with van der Waals surface area (Å²) < 4.78 is 0. The molecule has 2 amide bonds. The third kappa shape index (κ3) is 7.37. The Labute approximate surface area is 148 Å². The number of amides is 2. The average Bonchev–Trinajstić information content (AvgIpc) is 3.11. The molecule has 1 saturated carbocycles. The van der Waals surface area contributed by atoms with E-state index in [-0.39, 0.29) is 24.8 Å². The van der Waals surface area contributed by atoms with Crippen LogP contribution in [0, 0.1) is 5.92 Å². The molecule has 6 nitrogen and oxygen atoms in total. The van der Waals surface area contributed by atoms with Crippen molar-refractivity contribution < 1.29 is 19.5 Å². The maximum absolute atomic E-state index is 11.9. The van der Waals surface area contributed by atoms with Gasteiger partial charge in [-0.3, -0.25) is 14.4 Å². The number of carbonyl (C=O) groups excluding carboxylic acids is 2. The van der Waals surface area contributed by atoms with Gasteiger partial charge in [0.05, 0.1) is 6.54 Å². The van der Waals surface area contributed by atoms with E-state index < -0.39 is 5.97 Å². The fourth-order valence-corrected chi connectivity index (χ4v) is 3.11. The predicted octanol–water partition coefficient (Wildman–Crippen LogP) is 2.73. The highest BCUT2D eigenvalue weighted by atomic mass is 16.4. The quantitative estimate of drug-likeness (QED) is 0.640. The van der Waals surface area contributed by atoms with E-state index in [4.69, 9.17) is 5.11 Å². The van der Waals surface area contributed by atoms with Crippen LogP contribution in [0.5, 0.6) is 0 Å². The molecule has 0 aliphatic heterocycles. The average molecular weight is 346 g/mol. The summed E-state index contributed by atoms with van der Waals surface area (Å²) in [6.07, 6.45) is 6.90. The van der Waals surface area contributed by atoms with Crippen molar-refractivity contribution in [1.29, 1.82) is 0 Å². The summed E-state index contributed by atoms with van der Waals surface area (Å²) in [5.41, 5.74) is 1.53. The van der Waals surface area contributed by atoms with Gasteiger partial charge < -0.3 is 15.7 Å². The number of hydrogen-bond acceptors (Lipinski definition) is 3. The van der Waals surface area contributed by atoms with Crippen molar-refractivity contribution in [2.24, 2.45) is 5.92 Å². The lowest BCUT2D eigenvalue weighted by molar-refractivity contribution is -0.137. The Morgan fingerprint density at radius 2 is 1.68 bits per heavy atom. The minimum Gasteiger partial charge on any atom is -0.481 e. The zero-order chi connectivity index (χ0) is 18.1. The van der Waals surface area contributed by atoms with Crippen molar-refractivity contribution in [1.82, 2.24) is 5.32 Å². The van der Waals surface area contributed by atoms with Crippen LogP contribution in [-0.2, 0) is 20.8 Å². The summed E-state index contributed by atoms with van der Waals surface area (Å²) in [6, 6.07) is 7.05. The monoisotopic (exact) mass is 346 g/mol. The molecule has 0 radical (unpaired) electrons. The number of carboxylic acid groups (broad SMARTS) is 1. The van der Waals surface area contributed by atoms with E-state index in [0.29, 0.717) is 24.4 Å². The molecule has 0 aromatic heterocycles. The summed E-state index contributed by atoms with van der Waals surface area (Å²) in [6.45, 7) is -0.0374. The van der Waals surface area contributed by atoms with Gasteiger partial charge in [-0.15, -0.1) is 0 Å². The summed E-state index contributed by atoms with van der Waals surface area (Å²) >= 11 is 0. The number of hydrogen-bond donors (Lipinski definition) is 3. The second-order valence-corrected chi connectivity index (χ2v) is 6.60. The highest BCUT2D eigenvalue weighted by Gasteiger charge is 2.16. The maximum Gasteiger partial charge on any atom is 0.303 e. The molecular formula is C19H26N2O4. The molecule has 1 aliphatic carbocycles. The van der Waals surface area contributed by atoms with Crippen molar-refractivity contribution in [3.8, 4) is 0 Å². The van der Waals surface area contributed by atoms with Gasteiger partial charge in [-0.2, -0.15) is 0 Å². The first kappa shape index (κ1) is 19.0. The number of carbonyl (C=O) groups is 3. The number of benzene rings is 1. The van der Waals surface area contributed by atoms with Gasteiger partial charge in [0.1, 0.15) is 0 Å². The van der Waals surface area contributed by atoms with Gasteiger partial charge in [0.2, 0.25) is 11.8 Å². The maximum atomic E-state index is 11.9. The van der Waals surface area contributed by atoms with Gasteiger partial charge in [0, 0.05) is 18.5 Å². The Bertz CT molecular complexity index is 592. The van der Waals surface area contributed by atoms with Gasteiger partial charge in [-0.1, -0.05) is 37.8 Å². The predicted molar refractivity (Wildman–Crippen MR) is 95.2 cm³/mol. The molecule has 0 saturated heterocycles. The van der Waals surface area contributed by atoms with Crippen LogP contribution in [0.1, 0.15) is 50.5 Å². The molecule has 0 atom stereocenters. The summed E-state index contributed by atoms with van der Waals surface area (Å²) in [5, 5.41) is 14.0. The van der Waals surface area contributed by atoms with Crippen LogP contribution < -0.4 is 10.6 Å². The highest BCUT2D eigenvalue weighted by Crippen LogP contribution is 2.28. The topological polar surface area (TPSA) is 95.5 Å². The summed E-state index contributed by atoms with van der Waals surface area (Å²) in [7, 11) is 0. The first-order valence-electron chi connectivity index (χ1n) is 8.90. The third-order valence-electron chi connectivity index (χ3n) is 4.57. The second kappa shape index (κ2) is 9.81. The molecule has 2 rings (SSSR count). The number of carboxylic acids is 1. The molecule has 25 heavy (non-hydrogen) atoms. The van der Waals surface area contributed by atoms with E-state index >= 15 is 0 Å². The molecule has 0 bridgehead atoms. The van der Waals surface area contributed by atoms with E-state index in [2.05, 4.69) is 10.6 Å². The van der Waals surface area contributed by atoms with Crippen molar-refractivity contribution >= 4 is 23.5 Å². The van der Waals surface area contributed by atoms with E-state index in [0.717, 1.165) is 12.0 Å². The number of anilines is 1. The second-order valence-electron chi connectivity index (χ2n) is 6.60. The Balaban J connectivity index is 1.65. The Morgan fingerprint density at radius 1 is 1.00 bits per heavy atom. The van der Waals surface area contributed by atoms with Crippen molar-refractivity contribution in [2.75, 3.05) is 11.9 Å². The smallest absolute Gasteiger partial charge is 0.303 e. The lowest BCUT2D eigenvalue weighted by Crippen LogP contribution is -2.32. The van der Waals surface area contributed by atoms with Crippen molar-refractivity contribution in [3.63, 3.8) is 0 Å². The van der Waals surface area contributed by atoms with Gasteiger partial charge in [-0.25, -0.2) is 0 Å². The minimum atomic E-state index is -0.832. The molecule has 1 aromatic carbocycles. The standard InChI is InChI=1S/C19H26N2O4/c22-17(11-7-14-3-1-2-4-14)20-13-18(23)21-16-9-5-15(6-10-16)8-12-19(24)25/h5-6,9-10,14H,1-4,7-8,11-13H2,(H,20,22)(H,21,23)(H,24,25). The Hall–Kier alpha value is -2.37. The molecule has 1 aromatic rings. The van der Waals surface area contributed by atoms with E-state index in [9.17, 15) is 14.4 Å². The zero-order valence-corrected chi connectivity index (χ0v) is 14.4. The van der Waals surface area contributed by atoms with Crippen LogP contribution in [0.15, 0.2) is 24.3 Å². The summed E-state index contributed by atoms with van der Waals surface area (Å²) in [4.78, 5) is 34.2. The lowest BCUT2D eigenvalue weighted by atomic mass is 10.0. The lowest BCUT2D eigenvalue weighted by Gasteiger charge is -2.10. The Kier molecular flexibility index (Phi) is 7.44. The fourth-order valence-electron chi connectivity index (χ4n) is 3.11. The molecular weight excluding hydrogens is 320 g/mol. The van der Waals surface area contributed by atoms with E-state index in [1.165, 1.54) is 25.7 Å². The van der Waals surface area contributed by atoms with Crippen LogP contribution in [0.3, 0.4) is 0 Å². The molecule has 0 unspecified atom stereocenters. The molecule has 136 valence electrons. The van der Waals surface area contributed by atoms with Crippen molar-refractivity contribution in [2.45, 2.75) is 51.4 Å². The van der Waals surface area contributed by atoms with Crippen LogP contribution in [-0.4, -0.2) is 29.4 Å². The fraction of sp³-hybridized carbons (Fsp3) is 0.526. The third-order valence-corrected chi connectivity index (χ3v) is 4.57. The van der Waals surface area contributed by atoms with E-state index in [1.54, 1.807) is 24.3 Å². The first-order valence-corrected chi connectivity index (χ1v) is 8.90. The molecule has 1 fully saturated rings. The van der Waals surface area contributed by atoms with Crippen LogP contribution >= 0.6 is 0 Å². The van der Waals surface area contributed by atoms with Gasteiger partial charge in [0.25, 0.3) is 0 Å². The highest BCUT2D eigenvalue weighted by molar-refractivity contribution is 5.94. The molecule has 3 N–H and O–H groups in total. The van der Waals surface area contributed by atoms with Crippen LogP contribution in [0.4, 0.5) is 5.69 Å². The van der Waals surface area contributed by atoms with Crippen LogP contribution in [0.2, 0.25) is 0 Å². The van der Waals surface area contributed by atoms with E-state index in [1.807, 2.05) is 0 Å². The molecule has 6 heteroatoms. The number of aryl methyl sites for hydroxylation is 1. The van der Waals surface area contributed by atoms with Crippen LogP contribution in [0.25, 0.3) is 0 Å². The van der Waals surface area contributed by atoms with Crippen molar-refractivity contribution in [3.05, 3.63) is 29.8 Å². The molecule has 0 spiro atoms. The normalized spacial score (nSPS) is 14.2. The number of nitrogens with one attached hydrogen (secondary N) is 2. The minimum absolute atomic E-state index is 0.0374. The molecule has 1 aliphatic rings. The molecule has 0 heterocycles. The SMILES string of the molecule is O=C(O)CCc1ccc(NC(=O)CNC(=O)CCC2CCCC2)cc1. The largest absolute Gasteiger partial charge is 0.481 e. The van der Waals surface area contributed by atoms with Gasteiger partial charge in [-0.05, 0) is 36.5 Å². The Morgan fingerprint density at radius 3 is 2.32 bits per heavy atom. The first-order chi connectivity index (χ1) is 12.0. The van der Waals surface area contributed by atoms with Gasteiger partial charge in [0.15, 0.2) is 0 Å². The zero-order valence-electron chi connectivity index (χ0n) is 14.4. The number of aliphatic carboxylic acids is 1. The van der Waals surface area contributed by atoms with Gasteiger partial charge >= 0.3 is 5.97 Å². The summed E-state index contributed by atoms with van der Waals surface area (Å²) in [5.74, 6) is -0.515.